The number of halogens is 1. The summed E-state index contributed by atoms with van der Waals surface area (Å²) in [5.41, 5.74) is 1.03. The van der Waals surface area contributed by atoms with Crippen LogP contribution in [0.5, 0.6) is 0 Å². The van der Waals surface area contributed by atoms with Crippen molar-refractivity contribution in [2.75, 3.05) is 12.3 Å². The molecule has 28 heavy (non-hydrogen) atoms. The lowest BCUT2D eigenvalue weighted by molar-refractivity contribution is 0.0910. The van der Waals surface area contributed by atoms with Gasteiger partial charge in [-0.1, -0.05) is 47.1 Å². The SMILES string of the molecule is O=C(NCCc1ccc(Cl)cc1)c1nc(CCS(=O)(=O)c2ccccc2)no1. The first kappa shape index (κ1) is 20.0. The molecule has 0 radical (unpaired) electrons. The second-order valence-corrected chi connectivity index (χ2v) is 8.58. The van der Waals surface area contributed by atoms with Gasteiger partial charge in [0, 0.05) is 18.0 Å². The van der Waals surface area contributed by atoms with E-state index in [0.717, 1.165) is 5.56 Å². The van der Waals surface area contributed by atoms with Crippen molar-refractivity contribution in [1.82, 2.24) is 15.5 Å². The van der Waals surface area contributed by atoms with Crippen LogP contribution in [0.4, 0.5) is 0 Å². The van der Waals surface area contributed by atoms with Crippen LogP contribution in [0.25, 0.3) is 0 Å². The second-order valence-electron chi connectivity index (χ2n) is 6.03. The molecule has 0 aliphatic carbocycles. The molecule has 0 atom stereocenters. The number of hydrogen-bond acceptors (Lipinski definition) is 6. The molecule has 0 saturated heterocycles. The summed E-state index contributed by atoms with van der Waals surface area (Å²) in [6.45, 7) is 0.389. The molecule has 0 aliphatic heterocycles. The van der Waals surface area contributed by atoms with Crippen LogP contribution in [0.2, 0.25) is 5.02 Å². The zero-order chi connectivity index (χ0) is 20.0. The van der Waals surface area contributed by atoms with Crippen molar-refractivity contribution in [1.29, 1.82) is 0 Å². The minimum absolute atomic E-state index is 0.0543. The molecule has 0 unspecified atom stereocenters. The molecule has 2 aromatic carbocycles. The Labute approximate surface area is 167 Å². The van der Waals surface area contributed by atoms with E-state index in [1.165, 1.54) is 12.1 Å². The number of carbonyl (C=O) groups excluding carboxylic acids is 1. The molecule has 3 rings (SSSR count). The van der Waals surface area contributed by atoms with Crippen molar-refractivity contribution in [3.8, 4) is 0 Å². The van der Waals surface area contributed by atoms with Crippen molar-refractivity contribution in [2.24, 2.45) is 0 Å². The third kappa shape index (κ3) is 5.40. The monoisotopic (exact) mass is 419 g/mol. The van der Waals surface area contributed by atoms with Gasteiger partial charge < -0.3 is 9.84 Å². The Morgan fingerprint density at radius 2 is 1.75 bits per heavy atom. The zero-order valence-electron chi connectivity index (χ0n) is 14.8. The van der Waals surface area contributed by atoms with Gasteiger partial charge in [-0.05, 0) is 36.2 Å². The average Bonchev–Trinajstić information content (AvgIpc) is 3.18. The summed E-state index contributed by atoms with van der Waals surface area (Å²) in [6, 6.07) is 15.5. The first-order valence-corrected chi connectivity index (χ1v) is 10.6. The van der Waals surface area contributed by atoms with Gasteiger partial charge in [-0.15, -0.1) is 0 Å². The number of rotatable bonds is 8. The Balaban J connectivity index is 1.50. The van der Waals surface area contributed by atoms with E-state index in [-0.39, 0.29) is 28.8 Å². The molecule has 0 spiro atoms. The fraction of sp³-hybridized carbons (Fsp3) is 0.211. The second kappa shape index (κ2) is 8.99. The van der Waals surface area contributed by atoms with Gasteiger partial charge in [0.05, 0.1) is 10.6 Å². The highest BCUT2D eigenvalue weighted by atomic mass is 35.5. The maximum absolute atomic E-state index is 12.3. The number of benzene rings is 2. The number of nitrogens with zero attached hydrogens (tertiary/aromatic N) is 2. The first-order chi connectivity index (χ1) is 13.4. The molecule has 1 amide bonds. The van der Waals surface area contributed by atoms with Crippen molar-refractivity contribution in [3.05, 3.63) is 76.9 Å². The quantitative estimate of drug-likeness (QED) is 0.602. The molecule has 1 heterocycles. The summed E-state index contributed by atoms with van der Waals surface area (Å²) in [7, 11) is -3.45. The molecule has 9 heteroatoms. The van der Waals surface area contributed by atoms with Gasteiger partial charge in [0.1, 0.15) is 0 Å². The molecule has 0 fully saturated rings. The topological polar surface area (TPSA) is 102 Å². The van der Waals surface area contributed by atoms with E-state index >= 15 is 0 Å². The summed E-state index contributed by atoms with van der Waals surface area (Å²) in [4.78, 5) is 16.3. The third-order valence-electron chi connectivity index (χ3n) is 3.97. The number of hydrogen-bond donors (Lipinski definition) is 1. The molecular weight excluding hydrogens is 402 g/mol. The number of nitrogens with one attached hydrogen (secondary N) is 1. The van der Waals surface area contributed by atoms with E-state index in [1.54, 1.807) is 30.3 Å². The highest BCUT2D eigenvalue weighted by Crippen LogP contribution is 2.12. The summed E-state index contributed by atoms with van der Waals surface area (Å²) < 4.78 is 29.5. The predicted molar refractivity (Wildman–Crippen MR) is 104 cm³/mol. The Hall–Kier alpha value is -2.71. The van der Waals surface area contributed by atoms with Crippen LogP contribution in [0.15, 0.2) is 64.0 Å². The maximum Gasteiger partial charge on any atom is 0.315 e. The van der Waals surface area contributed by atoms with Crippen LogP contribution in [0.3, 0.4) is 0 Å². The molecule has 1 aromatic heterocycles. The Bertz CT molecular complexity index is 1030. The van der Waals surface area contributed by atoms with Crippen LogP contribution < -0.4 is 5.32 Å². The fourth-order valence-corrected chi connectivity index (χ4v) is 3.85. The van der Waals surface area contributed by atoms with E-state index < -0.39 is 15.7 Å². The number of aromatic nitrogens is 2. The molecule has 146 valence electrons. The lowest BCUT2D eigenvalue weighted by Gasteiger charge is -2.03. The van der Waals surface area contributed by atoms with Gasteiger partial charge in [0.2, 0.25) is 0 Å². The van der Waals surface area contributed by atoms with Gasteiger partial charge >= 0.3 is 11.8 Å². The van der Waals surface area contributed by atoms with Crippen molar-refractivity contribution < 1.29 is 17.7 Å². The van der Waals surface area contributed by atoms with Crippen LogP contribution in [0, 0.1) is 0 Å². The molecule has 1 N–H and O–H groups in total. The van der Waals surface area contributed by atoms with E-state index in [0.29, 0.717) is 18.0 Å². The standard InChI is InChI=1S/C19H18ClN3O4S/c20-15-8-6-14(7-9-15)10-12-21-18(24)19-22-17(23-27-19)11-13-28(25,26)16-4-2-1-3-5-16/h1-9H,10-13H2,(H,21,24). The Morgan fingerprint density at radius 1 is 1.04 bits per heavy atom. The number of amides is 1. The molecule has 0 aliphatic rings. The van der Waals surface area contributed by atoms with Crippen LogP contribution in [-0.2, 0) is 22.7 Å². The van der Waals surface area contributed by atoms with E-state index in [9.17, 15) is 13.2 Å². The third-order valence-corrected chi connectivity index (χ3v) is 5.96. The number of sulfone groups is 1. The van der Waals surface area contributed by atoms with Crippen LogP contribution in [-0.4, -0.2) is 36.8 Å². The lowest BCUT2D eigenvalue weighted by atomic mass is 10.1. The van der Waals surface area contributed by atoms with E-state index in [1.807, 2.05) is 12.1 Å². The first-order valence-electron chi connectivity index (χ1n) is 8.57. The number of carbonyl (C=O) groups is 1. The number of aryl methyl sites for hydroxylation is 1. The van der Waals surface area contributed by atoms with Gasteiger partial charge in [0.25, 0.3) is 0 Å². The van der Waals surface area contributed by atoms with Crippen molar-refractivity contribution >= 4 is 27.3 Å². The van der Waals surface area contributed by atoms with Gasteiger partial charge in [-0.25, -0.2) is 8.42 Å². The average molecular weight is 420 g/mol. The smallest absolute Gasteiger partial charge is 0.315 e. The normalized spacial score (nSPS) is 11.3. The van der Waals surface area contributed by atoms with Crippen molar-refractivity contribution in [2.45, 2.75) is 17.7 Å². The maximum atomic E-state index is 12.3. The van der Waals surface area contributed by atoms with Crippen LogP contribution >= 0.6 is 11.6 Å². The lowest BCUT2D eigenvalue weighted by Crippen LogP contribution is -2.26. The molecule has 3 aromatic rings. The van der Waals surface area contributed by atoms with Gasteiger partial charge in [0.15, 0.2) is 15.7 Å². The van der Waals surface area contributed by atoms with Gasteiger partial charge in [-0.3, -0.25) is 4.79 Å². The minimum atomic E-state index is -3.45. The fourth-order valence-electron chi connectivity index (χ4n) is 2.47. The summed E-state index contributed by atoms with van der Waals surface area (Å²) in [5, 5.41) is 7.02. The largest absolute Gasteiger partial charge is 0.347 e. The van der Waals surface area contributed by atoms with Crippen molar-refractivity contribution in [3.63, 3.8) is 0 Å². The highest BCUT2D eigenvalue weighted by Gasteiger charge is 2.18. The van der Waals surface area contributed by atoms with Gasteiger partial charge in [-0.2, -0.15) is 4.98 Å². The molecule has 0 saturated carbocycles. The Kier molecular flexibility index (Phi) is 6.43. The predicted octanol–water partition coefficient (Wildman–Crippen LogP) is 2.71. The van der Waals surface area contributed by atoms with Crippen LogP contribution in [0.1, 0.15) is 22.1 Å². The van der Waals surface area contributed by atoms with E-state index in [2.05, 4.69) is 15.5 Å². The van der Waals surface area contributed by atoms with E-state index in [4.69, 9.17) is 16.1 Å². The summed E-state index contributed by atoms with van der Waals surface area (Å²) >= 11 is 5.83. The summed E-state index contributed by atoms with van der Waals surface area (Å²) in [6.07, 6.45) is 0.679. The molecule has 7 nitrogen and oxygen atoms in total. The molecular formula is C19H18ClN3O4S. The highest BCUT2D eigenvalue weighted by molar-refractivity contribution is 7.91. The summed E-state index contributed by atoms with van der Waals surface area (Å²) in [5.74, 6) is -0.696. The Morgan fingerprint density at radius 3 is 2.46 bits per heavy atom. The zero-order valence-corrected chi connectivity index (χ0v) is 16.4. The minimum Gasteiger partial charge on any atom is -0.347 e. The molecule has 0 bridgehead atoms.